The van der Waals surface area contributed by atoms with Crippen molar-refractivity contribution in [1.29, 1.82) is 0 Å². The Morgan fingerprint density at radius 3 is 2.79 bits per heavy atom. The molecule has 1 aromatic carbocycles. The van der Waals surface area contributed by atoms with Crippen LogP contribution < -0.4 is 20.7 Å². The van der Waals surface area contributed by atoms with E-state index in [4.69, 9.17) is 20.2 Å². The summed E-state index contributed by atoms with van der Waals surface area (Å²) in [5, 5.41) is 12.8. The van der Waals surface area contributed by atoms with Crippen LogP contribution in [0.4, 0.5) is 11.6 Å². The lowest BCUT2D eigenvalue weighted by molar-refractivity contribution is 0.0302. The maximum absolute atomic E-state index is 9.85. The molecule has 3 heterocycles. The first-order chi connectivity index (χ1) is 14.0. The lowest BCUT2D eigenvalue weighted by Crippen LogP contribution is -2.43. The Balaban J connectivity index is 1.57. The van der Waals surface area contributed by atoms with E-state index in [0.29, 0.717) is 23.9 Å². The van der Waals surface area contributed by atoms with Gasteiger partial charge in [-0.25, -0.2) is 9.97 Å². The maximum atomic E-state index is 9.85. The van der Waals surface area contributed by atoms with Crippen LogP contribution in [0.15, 0.2) is 24.3 Å². The minimum Gasteiger partial charge on any atom is -0.491 e. The molecule has 0 spiro atoms. The minimum atomic E-state index is -0.571. The third-order valence-corrected chi connectivity index (χ3v) is 5.48. The number of nitrogen functional groups attached to an aromatic ring is 1. The smallest absolute Gasteiger partial charge is 0.164 e. The zero-order valence-electron chi connectivity index (χ0n) is 17.0. The van der Waals surface area contributed by atoms with Gasteiger partial charge in [-0.1, -0.05) is 12.1 Å². The van der Waals surface area contributed by atoms with Gasteiger partial charge in [0, 0.05) is 30.8 Å². The average Bonchev–Trinajstić information content (AvgIpc) is 3.06. The average molecular weight is 399 g/mol. The fourth-order valence-corrected chi connectivity index (χ4v) is 3.96. The molecule has 2 aromatic rings. The van der Waals surface area contributed by atoms with Crippen molar-refractivity contribution in [2.75, 3.05) is 43.9 Å². The number of ether oxygens (including phenoxy) is 2. The molecule has 0 amide bonds. The molecular formula is C21H29N5O3. The Hall–Kier alpha value is -2.42. The Morgan fingerprint density at radius 2 is 2.07 bits per heavy atom. The topological polar surface area (TPSA) is 106 Å². The summed E-state index contributed by atoms with van der Waals surface area (Å²) in [5.74, 6) is 2.59. The number of aliphatic hydroxyl groups excluding tert-OH is 1. The highest BCUT2D eigenvalue weighted by molar-refractivity contribution is 5.66. The second-order valence-corrected chi connectivity index (χ2v) is 7.79. The summed E-state index contributed by atoms with van der Waals surface area (Å²) in [7, 11) is 1.79. The van der Waals surface area contributed by atoms with Gasteiger partial charge in [-0.3, -0.25) is 0 Å². The molecule has 4 N–H and O–H groups in total. The number of fused-ring (bicyclic) bond motifs is 2. The molecule has 2 fully saturated rings. The number of nitrogens with one attached hydrogen (secondary N) is 1. The van der Waals surface area contributed by atoms with E-state index in [0.717, 1.165) is 42.9 Å². The first kappa shape index (κ1) is 19.9. The highest BCUT2D eigenvalue weighted by atomic mass is 16.5. The van der Waals surface area contributed by atoms with E-state index < -0.39 is 6.10 Å². The van der Waals surface area contributed by atoms with Crippen molar-refractivity contribution in [3.8, 4) is 17.1 Å². The van der Waals surface area contributed by atoms with Gasteiger partial charge in [-0.15, -0.1) is 0 Å². The third-order valence-electron chi connectivity index (χ3n) is 5.48. The van der Waals surface area contributed by atoms with Crippen LogP contribution in [0.5, 0.6) is 5.75 Å². The number of nitrogens with zero attached hydrogens (tertiary/aromatic N) is 3. The second kappa shape index (κ2) is 8.52. The van der Waals surface area contributed by atoms with Gasteiger partial charge in [-0.2, -0.15) is 0 Å². The van der Waals surface area contributed by atoms with Crippen LogP contribution in [0.25, 0.3) is 11.4 Å². The number of likely N-dealkylation sites (N-methyl/N-ethyl adjacent to an activating group) is 1. The molecule has 2 bridgehead atoms. The number of rotatable bonds is 7. The van der Waals surface area contributed by atoms with E-state index in [1.807, 2.05) is 31.2 Å². The molecule has 2 aliphatic heterocycles. The van der Waals surface area contributed by atoms with E-state index in [9.17, 15) is 5.11 Å². The molecule has 4 rings (SSSR count). The number of morpholine rings is 1. The van der Waals surface area contributed by atoms with Crippen molar-refractivity contribution in [2.45, 2.75) is 38.1 Å². The van der Waals surface area contributed by atoms with Crippen molar-refractivity contribution in [2.24, 2.45) is 0 Å². The molecule has 0 aliphatic carbocycles. The van der Waals surface area contributed by atoms with Crippen LogP contribution in [0.3, 0.4) is 0 Å². The lowest BCUT2D eigenvalue weighted by Gasteiger charge is -2.34. The van der Waals surface area contributed by atoms with E-state index in [1.165, 1.54) is 0 Å². The number of aromatic nitrogens is 2. The van der Waals surface area contributed by atoms with Crippen molar-refractivity contribution in [3.63, 3.8) is 0 Å². The molecule has 3 atom stereocenters. The fraction of sp³-hybridized carbons (Fsp3) is 0.524. The van der Waals surface area contributed by atoms with Gasteiger partial charge < -0.3 is 30.5 Å². The summed E-state index contributed by atoms with van der Waals surface area (Å²) in [6.07, 6.45) is 2.18. The number of nitrogens with two attached hydrogens (primary N) is 1. The summed E-state index contributed by atoms with van der Waals surface area (Å²) in [5.41, 5.74) is 7.97. The molecule has 156 valence electrons. The Kier molecular flexibility index (Phi) is 5.84. The Bertz CT molecular complexity index is 850. The molecule has 2 saturated heterocycles. The number of aliphatic hydroxyl groups is 1. The van der Waals surface area contributed by atoms with E-state index in [2.05, 4.69) is 15.2 Å². The van der Waals surface area contributed by atoms with Crippen molar-refractivity contribution >= 4 is 11.6 Å². The highest BCUT2D eigenvalue weighted by Gasteiger charge is 2.35. The summed E-state index contributed by atoms with van der Waals surface area (Å²) in [4.78, 5) is 11.6. The minimum absolute atomic E-state index is 0.211. The van der Waals surface area contributed by atoms with Crippen molar-refractivity contribution in [1.82, 2.24) is 15.3 Å². The van der Waals surface area contributed by atoms with E-state index >= 15 is 0 Å². The predicted octanol–water partition coefficient (Wildman–Crippen LogP) is 1.36. The molecule has 3 unspecified atom stereocenters. The van der Waals surface area contributed by atoms with Gasteiger partial charge in [0.2, 0.25) is 0 Å². The fourth-order valence-electron chi connectivity index (χ4n) is 3.96. The normalized spacial score (nSPS) is 22.0. The number of hydrogen-bond acceptors (Lipinski definition) is 8. The second-order valence-electron chi connectivity index (χ2n) is 7.79. The third kappa shape index (κ3) is 4.44. The lowest BCUT2D eigenvalue weighted by atomic mass is 10.1. The molecule has 8 heteroatoms. The van der Waals surface area contributed by atoms with Crippen LogP contribution in [-0.2, 0) is 4.74 Å². The summed E-state index contributed by atoms with van der Waals surface area (Å²) in [6.45, 7) is 4.32. The highest BCUT2D eigenvalue weighted by Crippen LogP contribution is 2.33. The van der Waals surface area contributed by atoms with Crippen molar-refractivity contribution in [3.05, 3.63) is 29.8 Å². The zero-order valence-corrected chi connectivity index (χ0v) is 17.0. The van der Waals surface area contributed by atoms with Crippen LogP contribution in [0.2, 0.25) is 0 Å². The summed E-state index contributed by atoms with van der Waals surface area (Å²) >= 11 is 0. The van der Waals surface area contributed by atoms with Crippen LogP contribution in [0.1, 0.15) is 18.4 Å². The first-order valence-electron chi connectivity index (χ1n) is 10.1. The van der Waals surface area contributed by atoms with E-state index in [-0.39, 0.29) is 18.8 Å². The van der Waals surface area contributed by atoms with E-state index in [1.54, 1.807) is 7.05 Å². The molecule has 8 nitrogen and oxygen atoms in total. The van der Waals surface area contributed by atoms with Gasteiger partial charge in [0.15, 0.2) is 5.82 Å². The van der Waals surface area contributed by atoms with Gasteiger partial charge in [0.05, 0.1) is 12.2 Å². The number of benzene rings is 1. The molecule has 0 radical (unpaired) electrons. The van der Waals surface area contributed by atoms with Gasteiger partial charge in [0.25, 0.3) is 0 Å². The van der Waals surface area contributed by atoms with Crippen LogP contribution in [-0.4, -0.2) is 66.7 Å². The van der Waals surface area contributed by atoms with Gasteiger partial charge in [0.1, 0.15) is 30.1 Å². The molecule has 2 aliphatic rings. The molecular weight excluding hydrogens is 370 g/mol. The van der Waals surface area contributed by atoms with Gasteiger partial charge >= 0.3 is 0 Å². The molecule has 29 heavy (non-hydrogen) atoms. The Labute approximate surface area is 171 Å². The van der Waals surface area contributed by atoms with Gasteiger partial charge in [-0.05, 0) is 38.9 Å². The first-order valence-corrected chi connectivity index (χ1v) is 10.1. The zero-order chi connectivity index (χ0) is 20.4. The summed E-state index contributed by atoms with van der Waals surface area (Å²) < 4.78 is 11.7. The molecule has 1 aromatic heterocycles. The van der Waals surface area contributed by atoms with Crippen molar-refractivity contribution < 1.29 is 14.6 Å². The van der Waals surface area contributed by atoms with Crippen LogP contribution in [0, 0.1) is 6.92 Å². The number of hydrogen-bond donors (Lipinski definition) is 3. The maximum Gasteiger partial charge on any atom is 0.164 e. The predicted molar refractivity (Wildman–Crippen MR) is 112 cm³/mol. The SMILES string of the molecule is CNCC(O)COc1cccc(-c2nc(N)c(C)c(N3CC4CCC(C3)O4)n2)c1. The van der Waals surface area contributed by atoms with Crippen LogP contribution >= 0.6 is 0 Å². The summed E-state index contributed by atoms with van der Waals surface area (Å²) in [6, 6.07) is 7.56. The quantitative estimate of drug-likeness (QED) is 0.641. The monoisotopic (exact) mass is 399 g/mol. The standard InChI is InChI=1S/C21H29N5O3/c1-13-19(22)24-20(25-21(13)26-10-17-6-7-18(11-26)29-17)14-4-3-5-16(8-14)28-12-15(27)9-23-2/h3-5,8,15,17-18,23,27H,6-7,9-12H2,1-2H3,(H2,22,24,25). The number of anilines is 2. The Morgan fingerprint density at radius 1 is 1.31 bits per heavy atom. The molecule has 0 saturated carbocycles. The largest absolute Gasteiger partial charge is 0.491 e.